The second-order valence-electron chi connectivity index (χ2n) is 12.7. The predicted octanol–water partition coefficient (Wildman–Crippen LogP) is 9.84. The van der Waals surface area contributed by atoms with Gasteiger partial charge in [0.2, 0.25) is 0 Å². The van der Waals surface area contributed by atoms with Crippen molar-refractivity contribution in [3.63, 3.8) is 0 Å². The third-order valence-electron chi connectivity index (χ3n) is 8.21. The van der Waals surface area contributed by atoms with Crippen molar-refractivity contribution in [3.05, 3.63) is 114 Å². The van der Waals surface area contributed by atoms with Crippen molar-refractivity contribution in [1.29, 1.82) is 0 Å². The third kappa shape index (κ3) is 6.75. The van der Waals surface area contributed by atoms with Crippen LogP contribution in [0.15, 0.2) is 89.6 Å². The summed E-state index contributed by atoms with van der Waals surface area (Å²) < 4.78 is 6.43. The number of fused-ring (bicyclic) bond motifs is 3. The van der Waals surface area contributed by atoms with Gasteiger partial charge in [0.15, 0.2) is 0 Å². The van der Waals surface area contributed by atoms with E-state index in [0.29, 0.717) is 0 Å². The second kappa shape index (κ2) is 13.1. The summed E-state index contributed by atoms with van der Waals surface area (Å²) in [5, 5.41) is 3.83. The number of pyridine rings is 2. The zero-order valence-electron chi connectivity index (χ0n) is 26.4. The first-order chi connectivity index (χ1) is 20.0. The van der Waals surface area contributed by atoms with Crippen LogP contribution in [0.2, 0.25) is 19.6 Å². The molecule has 6 aromatic rings. The Labute approximate surface area is 271 Å². The molecule has 1 radical (unpaired) electrons. The molecule has 0 aliphatic heterocycles. The Bertz CT molecular complexity index is 1830. The van der Waals surface area contributed by atoms with Crippen molar-refractivity contribution in [2.75, 3.05) is 0 Å². The minimum absolute atomic E-state index is 0. The molecule has 0 spiro atoms. The fraction of sp³-hybridized carbons (Fsp3) is 0.263. The molecule has 0 aliphatic rings. The topological polar surface area (TPSA) is 38.9 Å². The smallest absolute Gasteiger partial charge is 0.120 e. The number of hydrogen-bond donors (Lipinski definition) is 0. The van der Waals surface area contributed by atoms with E-state index >= 15 is 0 Å². The summed E-state index contributed by atoms with van der Waals surface area (Å²) in [4.78, 5) is 9.11. The molecule has 0 amide bonds. The number of aromatic nitrogens is 2. The molecule has 5 heteroatoms. The molecule has 0 bridgehead atoms. The molecule has 3 nitrogen and oxygen atoms in total. The van der Waals surface area contributed by atoms with Crippen LogP contribution in [0.3, 0.4) is 0 Å². The first-order valence-corrected chi connectivity index (χ1v) is 18.2. The Hall–Kier alpha value is -3.37. The molecule has 0 aliphatic carbocycles. The molecule has 43 heavy (non-hydrogen) atoms. The van der Waals surface area contributed by atoms with Crippen LogP contribution < -0.4 is 5.19 Å². The van der Waals surface area contributed by atoms with Crippen LogP contribution >= 0.6 is 0 Å². The maximum absolute atomic E-state index is 6.43. The van der Waals surface area contributed by atoms with Crippen molar-refractivity contribution in [2.45, 2.75) is 66.1 Å². The molecular formula is C38H40IrN2OSi-2. The summed E-state index contributed by atoms with van der Waals surface area (Å²) in [5.74, 6) is 0. The summed E-state index contributed by atoms with van der Waals surface area (Å²) in [6.45, 7) is 18.2. The minimum Gasteiger partial charge on any atom is -0.501 e. The van der Waals surface area contributed by atoms with Gasteiger partial charge in [0, 0.05) is 46.0 Å². The predicted molar refractivity (Wildman–Crippen MR) is 180 cm³/mol. The first-order valence-electron chi connectivity index (χ1n) is 14.7. The molecule has 0 saturated heterocycles. The van der Waals surface area contributed by atoms with E-state index in [2.05, 4.69) is 101 Å². The molecule has 0 saturated carbocycles. The number of aryl methyl sites for hydroxylation is 1. The largest absolute Gasteiger partial charge is 0.501 e. The van der Waals surface area contributed by atoms with E-state index in [1.54, 1.807) is 0 Å². The first kappa shape index (κ1) is 32.5. The molecule has 3 aromatic carbocycles. The molecule has 0 N–H and O–H groups in total. The van der Waals surface area contributed by atoms with Gasteiger partial charge in [0.25, 0.3) is 0 Å². The summed E-state index contributed by atoms with van der Waals surface area (Å²) in [6.07, 6.45) is 4.88. The maximum Gasteiger partial charge on any atom is 0.120 e. The average molecular weight is 761 g/mol. The standard InChI is InChI=1S/C26H30NOSi.C12H10N.Ir/c1-8-26(3,4)20-15-16-27-24(17(20)2)19-13-14-22(29(5,6)7)23-18-11-9-10-12-21(18)28-25(19)23;1-10-7-8-12(13-9-10)11-5-3-2-4-6-11;/h9-12,14-16H,8H2,1-7H3;2-5,7-9H,1H3;/q2*-1;. The van der Waals surface area contributed by atoms with Gasteiger partial charge in [-0.3, -0.25) is 0 Å². The van der Waals surface area contributed by atoms with Crippen LogP contribution in [0.1, 0.15) is 43.9 Å². The van der Waals surface area contributed by atoms with E-state index in [1.807, 2.05) is 55.7 Å². The monoisotopic (exact) mass is 761 g/mol. The van der Waals surface area contributed by atoms with E-state index in [-0.39, 0.29) is 25.5 Å². The number of hydrogen-bond acceptors (Lipinski definition) is 3. The molecular weight excluding hydrogens is 721 g/mol. The van der Waals surface area contributed by atoms with Crippen molar-refractivity contribution in [2.24, 2.45) is 0 Å². The Morgan fingerprint density at radius 3 is 2.28 bits per heavy atom. The van der Waals surface area contributed by atoms with Crippen molar-refractivity contribution in [1.82, 2.24) is 9.97 Å². The summed E-state index contributed by atoms with van der Waals surface area (Å²) in [6, 6.07) is 31.4. The molecule has 0 fully saturated rings. The van der Waals surface area contributed by atoms with Gasteiger partial charge in [-0.15, -0.1) is 53.2 Å². The Kier molecular flexibility index (Phi) is 9.91. The normalized spacial score (nSPS) is 11.6. The molecule has 3 aromatic heterocycles. The number of para-hydroxylation sites is 1. The van der Waals surface area contributed by atoms with Crippen LogP contribution in [-0.2, 0) is 25.5 Å². The Morgan fingerprint density at radius 2 is 1.63 bits per heavy atom. The van der Waals surface area contributed by atoms with Crippen molar-refractivity contribution >= 4 is 35.2 Å². The fourth-order valence-electron chi connectivity index (χ4n) is 5.43. The van der Waals surface area contributed by atoms with Crippen LogP contribution in [0, 0.1) is 26.0 Å². The Balaban J connectivity index is 0.000000253. The number of furan rings is 1. The zero-order valence-corrected chi connectivity index (χ0v) is 29.8. The summed E-state index contributed by atoms with van der Waals surface area (Å²) in [5.41, 5.74) is 9.69. The number of benzene rings is 3. The van der Waals surface area contributed by atoms with E-state index in [0.717, 1.165) is 40.1 Å². The molecule has 0 unspecified atom stereocenters. The molecule has 0 atom stereocenters. The Morgan fingerprint density at radius 1 is 0.884 bits per heavy atom. The van der Waals surface area contributed by atoms with Gasteiger partial charge >= 0.3 is 0 Å². The van der Waals surface area contributed by atoms with Crippen LogP contribution in [-0.4, -0.2) is 18.0 Å². The van der Waals surface area contributed by atoms with Crippen LogP contribution in [0.4, 0.5) is 0 Å². The van der Waals surface area contributed by atoms with Gasteiger partial charge < -0.3 is 14.4 Å². The maximum atomic E-state index is 6.43. The van der Waals surface area contributed by atoms with Crippen LogP contribution in [0.25, 0.3) is 44.5 Å². The van der Waals surface area contributed by atoms with Crippen molar-refractivity contribution < 1.29 is 24.5 Å². The molecule has 6 rings (SSSR count). The molecule has 223 valence electrons. The third-order valence-corrected chi connectivity index (χ3v) is 10.2. The van der Waals surface area contributed by atoms with E-state index < -0.39 is 8.07 Å². The quantitative estimate of drug-likeness (QED) is 0.130. The van der Waals surface area contributed by atoms with E-state index in [1.165, 1.54) is 32.6 Å². The molecule has 3 heterocycles. The van der Waals surface area contributed by atoms with E-state index in [9.17, 15) is 0 Å². The van der Waals surface area contributed by atoms with Gasteiger partial charge in [-0.25, -0.2) is 0 Å². The minimum atomic E-state index is -1.57. The van der Waals surface area contributed by atoms with Gasteiger partial charge in [0.05, 0.1) is 5.58 Å². The number of nitrogens with zero attached hydrogens (tertiary/aromatic N) is 2. The van der Waals surface area contributed by atoms with E-state index in [4.69, 9.17) is 9.40 Å². The summed E-state index contributed by atoms with van der Waals surface area (Å²) >= 11 is 0. The van der Waals surface area contributed by atoms with Gasteiger partial charge in [-0.05, 0) is 60.3 Å². The summed E-state index contributed by atoms with van der Waals surface area (Å²) in [7, 11) is -1.57. The zero-order chi connectivity index (χ0) is 30.1. The van der Waals surface area contributed by atoms with Gasteiger partial charge in [-0.2, -0.15) is 0 Å². The SMILES string of the molecule is CCC(C)(C)c1ccnc(-c2[c-]cc([Si](C)(C)C)c3c2oc2ccccc23)c1C.Cc1ccc(-c2[c-]cccc2)nc1.[Ir]. The van der Waals surface area contributed by atoms with Crippen LogP contribution in [0.5, 0.6) is 0 Å². The fourth-order valence-corrected chi connectivity index (χ4v) is 6.93. The van der Waals surface area contributed by atoms with Gasteiger partial charge in [-0.1, -0.05) is 87.3 Å². The van der Waals surface area contributed by atoms with Crippen molar-refractivity contribution in [3.8, 4) is 22.5 Å². The average Bonchev–Trinajstić information content (AvgIpc) is 3.37. The second-order valence-corrected chi connectivity index (χ2v) is 17.7. The number of rotatable bonds is 5. The van der Waals surface area contributed by atoms with Gasteiger partial charge in [0.1, 0.15) is 5.58 Å².